The van der Waals surface area contributed by atoms with E-state index in [-0.39, 0.29) is 23.7 Å². The second-order valence-corrected chi connectivity index (χ2v) is 7.54. The van der Waals surface area contributed by atoms with Gasteiger partial charge in [-0.05, 0) is 55.1 Å². The molecular weight excluding hydrogens is 287 g/mol. The Bertz CT molecular complexity index is 653. The number of nitrogens with one attached hydrogen (secondary N) is 2. The summed E-state index contributed by atoms with van der Waals surface area (Å²) in [6, 6.07) is 7.86. The molecule has 5 heteroatoms. The summed E-state index contributed by atoms with van der Waals surface area (Å²) in [5.41, 5.74) is 2.29. The predicted molar refractivity (Wildman–Crippen MR) is 92.2 cm³/mol. The first-order valence-electron chi connectivity index (χ1n) is 8.66. The molecule has 0 aromatic heterocycles. The van der Waals surface area contributed by atoms with Gasteiger partial charge in [-0.1, -0.05) is 17.6 Å². The van der Waals surface area contributed by atoms with Crippen LogP contribution in [0.1, 0.15) is 25.7 Å². The average Bonchev–Trinajstić information content (AvgIpc) is 3.22. The molecule has 3 saturated carbocycles. The highest BCUT2D eigenvalue weighted by Gasteiger charge is 2.71. The van der Waals surface area contributed by atoms with Crippen LogP contribution in [-0.4, -0.2) is 26.7 Å². The van der Waals surface area contributed by atoms with Crippen LogP contribution < -0.4 is 16.1 Å². The Morgan fingerprint density at radius 3 is 2.13 bits per heavy atom. The lowest BCUT2D eigenvalue weighted by Gasteiger charge is -2.28. The Kier molecular flexibility index (Phi) is 3.29. The second-order valence-electron chi connectivity index (χ2n) is 7.54. The third kappa shape index (κ3) is 2.13. The zero-order chi connectivity index (χ0) is 16.2. The number of rotatable bonds is 3. The van der Waals surface area contributed by atoms with Crippen molar-refractivity contribution in [2.45, 2.75) is 25.7 Å². The Balaban J connectivity index is 1.59. The van der Waals surface area contributed by atoms with Crippen LogP contribution in [0.3, 0.4) is 0 Å². The van der Waals surface area contributed by atoms with Gasteiger partial charge in [-0.2, -0.15) is 0 Å². The Labute approximate surface area is 137 Å². The van der Waals surface area contributed by atoms with Crippen molar-refractivity contribution < 1.29 is 9.59 Å². The summed E-state index contributed by atoms with van der Waals surface area (Å²) in [5, 5.41) is 5.85. The quantitative estimate of drug-likeness (QED) is 0.807. The van der Waals surface area contributed by atoms with E-state index < -0.39 is 0 Å². The van der Waals surface area contributed by atoms with Crippen LogP contribution in [0.15, 0.2) is 24.3 Å². The molecule has 3 fully saturated rings. The molecule has 4 rings (SSSR count). The van der Waals surface area contributed by atoms with E-state index in [4.69, 9.17) is 0 Å². The number of hydrogen-bond donors (Lipinski definition) is 2. The van der Waals surface area contributed by atoms with E-state index in [1.54, 1.807) is 7.05 Å². The summed E-state index contributed by atoms with van der Waals surface area (Å²) in [4.78, 5) is 25.4. The molecule has 1 aromatic rings. The molecule has 2 N–H and O–H groups in total. The third-order valence-corrected chi connectivity index (χ3v) is 6.52. The molecule has 4 nitrogen and oxygen atoms in total. The number of amides is 2. The first kappa shape index (κ1) is 14.8. The SMILES string of the molecule is Bc1ccc(NC(=O)C2C(C(=O)NC)C3CCC2C32CC2)cc1. The van der Waals surface area contributed by atoms with Crippen molar-refractivity contribution in [3.05, 3.63) is 24.3 Å². The fourth-order valence-electron chi connectivity index (χ4n) is 5.39. The van der Waals surface area contributed by atoms with Crippen LogP contribution in [-0.2, 0) is 9.59 Å². The molecule has 0 saturated heterocycles. The normalized spacial score (nSPS) is 32.7. The molecule has 2 amide bonds. The summed E-state index contributed by atoms with van der Waals surface area (Å²) in [7, 11) is 3.71. The Morgan fingerprint density at radius 1 is 1.04 bits per heavy atom. The molecule has 120 valence electrons. The van der Waals surface area contributed by atoms with Gasteiger partial charge in [0.15, 0.2) is 0 Å². The minimum Gasteiger partial charge on any atom is -0.359 e. The third-order valence-electron chi connectivity index (χ3n) is 6.52. The van der Waals surface area contributed by atoms with E-state index in [2.05, 4.69) is 10.6 Å². The van der Waals surface area contributed by atoms with E-state index in [1.807, 2.05) is 32.1 Å². The van der Waals surface area contributed by atoms with Gasteiger partial charge in [-0.15, -0.1) is 0 Å². The summed E-state index contributed by atoms with van der Waals surface area (Å²) in [6.07, 6.45) is 4.61. The van der Waals surface area contributed by atoms with Crippen LogP contribution >= 0.6 is 0 Å². The maximum absolute atomic E-state index is 12.9. The smallest absolute Gasteiger partial charge is 0.228 e. The summed E-state index contributed by atoms with van der Waals surface area (Å²) >= 11 is 0. The number of hydrogen-bond acceptors (Lipinski definition) is 2. The molecule has 4 unspecified atom stereocenters. The van der Waals surface area contributed by atoms with Crippen LogP contribution in [0.2, 0.25) is 0 Å². The fraction of sp³-hybridized carbons (Fsp3) is 0.556. The maximum Gasteiger partial charge on any atom is 0.228 e. The molecular formula is C18H23BN2O2. The van der Waals surface area contributed by atoms with Crippen LogP contribution in [0, 0.1) is 29.1 Å². The number of carbonyl (C=O) groups is 2. The predicted octanol–water partition coefficient (Wildman–Crippen LogP) is 0.682. The van der Waals surface area contributed by atoms with Gasteiger partial charge >= 0.3 is 0 Å². The summed E-state index contributed by atoms with van der Waals surface area (Å²) in [5.74, 6) is 0.555. The summed E-state index contributed by atoms with van der Waals surface area (Å²) < 4.78 is 0. The number of anilines is 1. The molecule has 0 aliphatic heterocycles. The van der Waals surface area contributed by atoms with Crippen molar-refractivity contribution in [2.24, 2.45) is 29.1 Å². The minimum absolute atomic E-state index is 0.0286. The number of benzene rings is 1. The van der Waals surface area contributed by atoms with E-state index in [0.717, 1.165) is 18.5 Å². The fourth-order valence-corrected chi connectivity index (χ4v) is 5.39. The standard InChI is InChI=1S/C18H23BN2O2/c1-20-16(22)14-12-6-7-13(18(12)8-9-18)15(14)17(23)21-11-4-2-10(19)3-5-11/h2-5,12-15H,6-9,19H2,1H3,(H,20,22)(H,21,23). The molecule has 3 aliphatic carbocycles. The van der Waals surface area contributed by atoms with Crippen molar-refractivity contribution in [2.75, 3.05) is 12.4 Å². The van der Waals surface area contributed by atoms with Gasteiger partial charge in [-0.25, -0.2) is 0 Å². The Hall–Kier alpha value is -1.78. The Morgan fingerprint density at radius 2 is 1.61 bits per heavy atom. The van der Waals surface area contributed by atoms with Crippen molar-refractivity contribution in [3.8, 4) is 0 Å². The van der Waals surface area contributed by atoms with Crippen molar-refractivity contribution in [1.82, 2.24) is 5.32 Å². The van der Waals surface area contributed by atoms with Gasteiger partial charge in [0.25, 0.3) is 0 Å². The zero-order valence-corrected chi connectivity index (χ0v) is 13.8. The highest BCUT2D eigenvalue weighted by atomic mass is 16.2. The molecule has 1 aromatic carbocycles. The van der Waals surface area contributed by atoms with Crippen LogP contribution in [0.5, 0.6) is 0 Å². The minimum atomic E-state index is -0.169. The molecule has 2 bridgehead atoms. The van der Waals surface area contributed by atoms with Crippen LogP contribution in [0.4, 0.5) is 5.69 Å². The average molecular weight is 310 g/mol. The highest BCUT2D eigenvalue weighted by molar-refractivity contribution is 6.32. The van der Waals surface area contributed by atoms with Gasteiger partial charge in [-0.3, -0.25) is 9.59 Å². The summed E-state index contributed by atoms with van der Waals surface area (Å²) in [6.45, 7) is 0. The van der Waals surface area contributed by atoms with Gasteiger partial charge in [0, 0.05) is 12.7 Å². The molecule has 23 heavy (non-hydrogen) atoms. The van der Waals surface area contributed by atoms with E-state index in [0.29, 0.717) is 17.3 Å². The second kappa shape index (κ2) is 5.12. The highest BCUT2D eigenvalue weighted by Crippen LogP contribution is 2.74. The van der Waals surface area contributed by atoms with Gasteiger partial charge < -0.3 is 10.6 Å². The van der Waals surface area contributed by atoms with Crippen LogP contribution in [0.25, 0.3) is 0 Å². The van der Waals surface area contributed by atoms with E-state index in [1.165, 1.54) is 18.3 Å². The van der Waals surface area contributed by atoms with E-state index >= 15 is 0 Å². The molecule has 0 heterocycles. The maximum atomic E-state index is 12.9. The number of carbonyl (C=O) groups excluding carboxylic acids is 2. The van der Waals surface area contributed by atoms with Gasteiger partial charge in [0.1, 0.15) is 7.85 Å². The van der Waals surface area contributed by atoms with Crippen molar-refractivity contribution in [3.63, 3.8) is 0 Å². The lowest BCUT2D eigenvalue weighted by atomic mass is 9.78. The first-order valence-corrected chi connectivity index (χ1v) is 8.66. The monoisotopic (exact) mass is 310 g/mol. The molecule has 3 aliphatic rings. The molecule has 1 spiro atoms. The van der Waals surface area contributed by atoms with E-state index in [9.17, 15) is 9.59 Å². The topological polar surface area (TPSA) is 58.2 Å². The van der Waals surface area contributed by atoms with Gasteiger partial charge in [0.05, 0.1) is 11.8 Å². The van der Waals surface area contributed by atoms with Gasteiger partial charge in [0.2, 0.25) is 11.8 Å². The first-order chi connectivity index (χ1) is 11.1. The largest absolute Gasteiger partial charge is 0.359 e. The van der Waals surface area contributed by atoms with Crippen molar-refractivity contribution >= 4 is 30.8 Å². The lowest BCUT2D eigenvalue weighted by Crippen LogP contribution is -2.42. The zero-order valence-electron chi connectivity index (χ0n) is 13.8. The molecule has 4 atom stereocenters. The molecule has 0 radical (unpaired) electrons. The lowest BCUT2D eigenvalue weighted by molar-refractivity contribution is -0.134. The van der Waals surface area contributed by atoms with Crippen molar-refractivity contribution in [1.29, 1.82) is 0 Å².